The van der Waals surface area contributed by atoms with E-state index in [-0.39, 0.29) is 12.2 Å². The summed E-state index contributed by atoms with van der Waals surface area (Å²) in [5, 5.41) is 9.75. The Morgan fingerprint density at radius 1 is 1.25 bits per heavy atom. The van der Waals surface area contributed by atoms with Gasteiger partial charge in [-0.25, -0.2) is 4.79 Å². The second-order valence-electron chi connectivity index (χ2n) is 3.90. The maximum absolute atomic E-state index is 11.5. The van der Waals surface area contributed by atoms with E-state index in [9.17, 15) is 9.59 Å². The molecule has 1 aromatic heterocycles. The van der Waals surface area contributed by atoms with E-state index in [4.69, 9.17) is 33.1 Å². The van der Waals surface area contributed by atoms with Crippen molar-refractivity contribution < 1.29 is 14.7 Å². The van der Waals surface area contributed by atoms with Crippen LogP contribution >= 0.6 is 23.2 Å². The number of benzene rings is 1. The number of pyridine rings is 1. The predicted octanol–water partition coefficient (Wildman–Crippen LogP) is 2.48. The first kappa shape index (κ1) is 14.4. The largest absolute Gasteiger partial charge is 0.478 e. The number of hydrogen-bond donors (Lipinski definition) is 1. The van der Waals surface area contributed by atoms with E-state index < -0.39 is 11.5 Å². The van der Waals surface area contributed by atoms with Gasteiger partial charge in [0, 0.05) is 21.7 Å². The number of aromatic carboxylic acids is 1. The van der Waals surface area contributed by atoms with Crippen molar-refractivity contribution >= 4 is 29.2 Å². The minimum Gasteiger partial charge on any atom is -0.478 e. The van der Waals surface area contributed by atoms with E-state index in [0.29, 0.717) is 15.6 Å². The highest BCUT2D eigenvalue weighted by Gasteiger charge is 2.07. The summed E-state index contributed by atoms with van der Waals surface area (Å²) in [4.78, 5) is 27.6. The molecule has 1 N–H and O–H groups in total. The molecule has 0 bridgehead atoms. The molecule has 2 rings (SSSR count). The van der Waals surface area contributed by atoms with Gasteiger partial charge < -0.3 is 9.94 Å². The average Bonchev–Trinajstić information content (AvgIpc) is 2.39. The van der Waals surface area contributed by atoms with Gasteiger partial charge in [-0.1, -0.05) is 29.3 Å². The highest BCUT2D eigenvalue weighted by Crippen LogP contribution is 2.20. The molecule has 0 aliphatic rings. The van der Waals surface area contributed by atoms with Crippen molar-refractivity contribution in [2.45, 2.75) is 6.61 Å². The summed E-state index contributed by atoms with van der Waals surface area (Å²) in [5.41, 5.74) is 0.107. The molecule has 20 heavy (non-hydrogen) atoms. The lowest BCUT2D eigenvalue weighted by atomic mass is 10.2. The summed E-state index contributed by atoms with van der Waals surface area (Å²) in [7, 11) is 0. The van der Waals surface area contributed by atoms with Crippen LogP contribution in [0.4, 0.5) is 0 Å². The fraction of sp³-hybridized carbons (Fsp3) is 0.0769. The average molecular weight is 314 g/mol. The molecule has 0 aliphatic carbocycles. The fourth-order valence-corrected chi connectivity index (χ4v) is 1.94. The fourth-order valence-electron chi connectivity index (χ4n) is 1.47. The van der Waals surface area contributed by atoms with Crippen LogP contribution < -0.4 is 10.4 Å². The summed E-state index contributed by atoms with van der Waals surface area (Å²) < 4.78 is 0.856. The van der Waals surface area contributed by atoms with Crippen molar-refractivity contribution in [2.75, 3.05) is 0 Å². The van der Waals surface area contributed by atoms with Crippen molar-refractivity contribution in [1.29, 1.82) is 0 Å². The zero-order chi connectivity index (χ0) is 14.7. The summed E-state index contributed by atoms with van der Waals surface area (Å²) in [6.07, 6.45) is 1.11. The lowest BCUT2D eigenvalue weighted by Crippen LogP contribution is -2.26. The van der Waals surface area contributed by atoms with Crippen molar-refractivity contribution in [2.24, 2.45) is 0 Å². The first-order chi connectivity index (χ1) is 9.47. The third-order valence-electron chi connectivity index (χ3n) is 2.50. The number of aromatic nitrogens is 1. The zero-order valence-corrected chi connectivity index (χ0v) is 11.6. The standard InChI is InChI=1S/C13H9Cl2NO4/c14-10-3-1-9(11(15)5-10)7-20-16-6-8(13(18)19)2-4-12(16)17/h1-6H,7H2,(H,18,19). The van der Waals surface area contributed by atoms with Gasteiger partial charge in [-0.3, -0.25) is 4.79 Å². The monoisotopic (exact) mass is 313 g/mol. The van der Waals surface area contributed by atoms with E-state index >= 15 is 0 Å². The van der Waals surface area contributed by atoms with E-state index in [1.807, 2.05) is 0 Å². The van der Waals surface area contributed by atoms with Crippen molar-refractivity contribution in [3.63, 3.8) is 0 Å². The first-order valence-corrected chi connectivity index (χ1v) is 6.26. The van der Waals surface area contributed by atoms with E-state index in [2.05, 4.69) is 0 Å². The second-order valence-corrected chi connectivity index (χ2v) is 4.74. The number of carbonyl (C=O) groups is 1. The Balaban J connectivity index is 2.20. The molecule has 7 heteroatoms. The van der Waals surface area contributed by atoms with Gasteiger partial charge in [0.1, 0.15) is 6.61 Å². The maximum atomic E-state index is 11.5. The van der Waals surface area contributed by atoms with Crippen LogP contribution in [0.1, 0.15) is 15.9 Å². The van der Waals surface area contributed by atoms with Crippen LogP contribution in [-0.4, -0.2) is 15.8 Å². The quantitative estimate of drug-likeness (QED) is 0.941. The van der Waals surface area contributed by atoms with Crippen LogP contribution in [0, 0.1) is 0 Å². The van der Waals surface area contributed by atoms with Gasteiger partial charge >= 0.3 is 5.97 Å². The predicted molar refractivity (Wildman–Crippen MR) is 74.4 cm³/mol. The number of hydrogen-bond acceptors (Lipinski definition) is 3. The molecule has 0 spiro atoms. The van der Waals surface area contributed by atoms with Crippen LogP contribution in [0.15, 0.2) is 41.3 Å². The van der Waals surface area contributed by atoms with Gasteiger partial charge in [-0.2, -0.15) is 4.73 Å². The number of rotatable bonds is 4. The molecule has 5 nitrogen and oxygen atoms in total. The Labute approximate surface area is 123 Å². The molecule has 0 radical (unpaired) electrons. The van der Waals surface area contributed by atoms with Gasteiger partial charge in [0.25, 0.3) is 5.56 Å². The lowest BCUT2D eigenvalue weighted by Gasteiger charge is -2.10. The molecule has 2 aromatic rings. The van der Waals surface area contributed by atoms with Gasteiger partial charge in [0.05, 0.1) is 11.8 Å². The summed E-state index contributed by atoms with van der Waals surface area (Å²) in [6, 6.07) is 7.18. The van der Waals surface area contributed by atoms with Crippen molar-refractivity contribution in [1.82, 2.24) is 4.73 Å². The number of carboxylic acid groups (broad SMARTS) is 1. The Morgan fingerprint density at radius 3 is 2.65 bits per heavy atom. The Morgan fingerprint density at radius 2 is 2.00 bits per heavy atom. The molecule has 0 fully saturated rings. The smallest absolute Gasteiger partial charge is 0.337 e. The zero-order valence-electron chi connectivity index (χ0n) is 10.0. The molecule has 1 aromatic carbocycles. The maximum Gasteiger partial charge on any atom is 0.337 e. The van der Waals surface area contributed by atoms with E-state index in [0.717, 1.165) is 17.0 Å². The first-order valence-electron chi connectivity index (χ1n) is 5.50. The van der Waals surface area contributed by atoms with Crippen LogP contribution in [0.2, 0.25) is 10.0 Å². The third-order valence-corrected chi connectivity index (χ3v) is 3.09. The number of carboxylic acids is 1. The molecule has 104 valence electrons. The Hall–Kier alpha value is -1.98. The molecule has 1 heterocycles. The highest BCUT2D eigenvalue weighted by atomic mass is 35.5. The van der Waals surface area contributed by atoms with Gasteiger partial charge in [-0.15, -0.1) is 0 Å². The summed E-state index contributed by atoms with van der Waals surface area (Å²) in [6.45, 7) is 0.0129. The number of halogens is 2. The topological polar surface area (TPSA) is 68.5 Å². The molecule has 0 aliphatic heterocycles. The summed E-state index contributed by atoms with van der Waals surface area (Å²) >= 11 is 11.7. The minimum atomic E-state index is -1.15. The molecular weight excluding hydrogens is 305 g/mol. The molecule has 0 saturated carbocycles. The van der Waals surface area contributed by atoms with Crippen LogP contribution in [-0.2, 0) is 6.61 Å². The van der Waals surface area contributed by atoms with Crippen LogP contribution in [0.5, 0.6) is 0 Å². The van der Waals surface area contributed by atoms with E-state index in [1.54, 1.807) is 18.2 Å². The van der Waals surface area contributed by atoms with Crippen molar-refractivity contribution in [3.05, 3.63) is 68.1 Å². The van der Waals surface area contributed by atoms with Gasteiger partial charge in [0.2, 0.25) is 0 Å². The normalized spacial score (nSPS) is 10.3. The third kappa shape index (κ3) is 3.31. The minimum absolute atomic E-state index is 0.0129. The van der Waals surface area contributed by atoms with Gasteiger partial charge in [0.15, 0.2) is 0 Å². The Bertz CT molecular complexity index is 712. The van der Waals surface area contributed by atoms with Crippen LogP contribution in [0.25, 0.3) is 0 Å². The number of nitrogens with zero attached hydrogens (tertiary/aromatic N) is 1. The lowest BCUT2D eigenvalue weighted by molar-refractivity contribution is 0.0674. The molecule has 0 atom stereocenters. The Kier molecular flexibility index (Phi) is 4.32. The second kappa shape index (κ2) is 5.98. The molecule has 0 saturated heterocycles. The van der Waals surface area contributed by atoms with Gasteiger partial charge in [-0.05, 0) is 18.2 Å². The van der Waals surface area contributed by atoms with E-state index in [1.165, 1.54) is 6.07 Å². The molecule has 0 amide bonds. The van der Waals surface area contributed by atoms with Crippen LogP contribution in [0.3, 0.4) is 0 Å². The molecule has 0 unspecified atom stereocenters. The van der Waals surface area contributed by atoms with Crippen molar-refractivity contribution in [3.8, 4) is 0 Å². The molecular formula is C13H9Cl2NO4. The SMILES string of the molecule is O=C(O)c1ccc(=O)n(OCc2ccc(Cl)cc2Cl)c1. The highest BCUT2D eigenvalue weighted by molar-refractivity contribution is 6.35. The summed E-state index contributed by atoms with van der Waals surface area (Å²) in [5.74, 6) is -1.15.